The molecule has 2 heteroatoms. The summed E-state index contributed by atoms with van der Waals surface area (Å²) in [6.07, 6.45) is 7.33. The number of hydrogen-bond donors (Lipinski definition) is 1. The summed E-state index contributed by atoms with van der Waals surface area (Å²) in [7, 11) is 1.85. The van der Waals surface area contributed by atoms with Gasteiger partial charge in [-0.3, -0.25) is 0 Å². The minimum absolute atomic E-state index is 0.412. The SMILES string of the molecule is CCNC(C)C(OC)C1CCCCC1. The highest BCUT2D eigenvalue weighted by Crippen LogP contribution is 2.29. The molecule has 0 aromatic heterocycles. The van der Waals surface area contributed by atoms with E-state index in [2.05, 4.69) is 19.2 Å². The lowest BCUT2D eigenvalue weighted by molar-refractivity contribution is 0.0132. The first-order valence-corrected chi connectivity index (χ1v) is 6.05. The summed E-state index contributed by atoms with van der Waals surface area (Å²) >= 11 is 0. The predicted molar refractivity (Wildman–Crippen MR) is 60.5 cm³/mol. The van der Waals surface area contributed by atoms with E-state index in [0.29, 0.717) is 12.1 Å². The molecule has 1 aliphatic rings. The van der Waals surface area contributed by atoms with E-state index >= 15 is 0 Å². The maximum atomic E-state index is 5.64. The smallest absolute Gasteiger partial charge is 0.0749 e. The lowest BCUT2D eigenvalue weighted by atomic mass is 9.83. The van der Waals surface area contributed by atoms with Crippen LogP contribution in [0.5, 0.6) is 0 Å². The summed E-state index contributed by atoms with van der Waals surface area (Å²) in [4.78, 5) is 0. The van der Waals surface area contributed by atoms with Crippen molar-refractivity contribution in [3.63, 3.8) is 0 Å². The van der Waals surface area contributed by atoms with Crippen molar-refractivity contribution in [2.24, 2.45) is 5.92 Å². The van der Waals surface area contributed by atoms with Gasteiger partial charge in [-0.2, -0.15) is 0 Å². The highest BCUT2D eigenvalue weighted by molar-refractivity contribution is 4.81. The zero-order chi connectivity index (χ0) is 10.4. The topological polar surface area (TPSA) is 21.3 Å². The molecule has 0 amide bonds. The van der Waals surface area contributed by atoms with E-state index in [1.807, 2.05) is 7.11 Å². The zero-order valence-corrected chi connectivity index (χ0v) is 9.88. The van der Waals surface area contributed by atoms with Crippen LogP contribution in [-0.4, -0.2) is 25.8 Å². The highest BCUT2D eigenvalue weighted by Gasteiger charge is 2.27. The van der Waals surface area contributed by atoms with Gasteiger partial charge in [-0.25, -0.2) is 0 Å². The molecule has 1 rings (SSSR count). The zero-order valence-electron chi connectivity index (χ0n) is 9.88. The average molecular weight is 199 g/mol. The Hall–Kier alpha value is -0.0800. The van der Waals surface area contributed by atoms with Crippen molar-refractivity contribution >= 4 is 0 Å². The molecule has 0 saturated heterocycles. The molecule has 1 saturated carbocycles. The van der Waals surface area contributed by atoms with Gasteiger partial charge in [-0.1, -0.05) is 26.2 Å². The van der Waals surface area contributed by atoms with Gasteiger partial charge in [0.05, 0.1) is 6.10 Å². The maximum absolute atomic E-state index is 5.64. The molecule has 0 aliphatic heterocycles. The van der Waals surface area contributed by atoms with Crippen LogP contribution < -0.4 is 5.32 Å². The average Bonchev–Trinajstić information content (AvgIpc) is 2.21. The summed E-state index contributed by atoms with van der Waals surface area (Å²) in [5.74, 6) is 0.780. The van der Waals surface area contributed by atoms with Gasteiger partial charge >= 0.3 is 0 Å². The van der Waals surface area contributed by atoms with Crippen molar-refractivity contribution in [2.75, 3.05) is 13.7 Å². The largest absolute Gasteiger partial charge is 0.380 e. The first kappa shape index (κ1) is 12.0. The molecule has 2 nitrogen and oxygen atoms in total. The van der Waals surface area contributed by atoms with E-state index in [1.165, 1.54) is 32.1 Å². The molecule has 0 spiro atoms. The van der Waals surface area contributed by atoms with Crippen LogP contribution in [0.1, 0.15) is 46.0 Å². The molecule has 14 heavy (non-hydrogen) atoms. The Labute approximate surface area is 88.4 Å². The molecule has 0 aromatic carbocycles. The number of ether oxygens (including phenoxy) is 1. The second kappa shape index (κ2) is 6.41. The quantitative estimate of drug-likeness (QED) is 0.735. The van der Waals surface area contributed by atoms with Crippen LogP contribution in [0.2, 0.25) is 0 Å². The second-order valence-electron chi connectivity index (χ2n) is 4.44. The fourth-order valence-electron chi connectivity index (χ4n) is 2.71. The summed E-state index contributed by atoms with van der Waals surface area (Å²) in [5, 5.41) is 3.47. The van der Waals surface area contributed by atoms with E-state index in [1.54, 1.807) is 0 Å². The predicted octanol–water partition coefficient (Wildman–Crippen LogP) is 2.58. The van der Waals surface area contributed by atoms with Gasteiger partial charge in [0.15, 0.2) is 0 Å². The first-order chi connectivity index (χ1) is 6.79. The van der Waals surface area contributed by atoms with Crippen molar-refractivity contribution in [3.05, 3.63) is 0 Å². The van der Waals surface area contributed by atoms with E-state index in [0.717, 1.165) is 12.5 Å². The third-order valence-corrected chi connectivity index (χ3v) is 3.41. The minimum atomic E-state index is 0.412. The molecular formula is C12H25NO. The lowest BCUT2D eigenvalue weighted by Crippen LogP contribution is -2.43. The van der Waals surface area contributed by atoms with Crippen molar-refractivity contribution in [3.8, 4) is 0 Å². The van der Waals surface area contributed by atoms with Gasteiger partial charge in [0.2, 0.25) is 0 Å². The summed E-state index contributed by atoms with van der Waals surface area (Å²) in [6.45, 7) is 5.43. The van der Waals surface area contributed by atoms with E-state index < -0.39 is 0 Å². The van der Waals surface area contributed by atoms with E-state index in [9.17, 15) is 0 Å². The molecule has 0 aromatic rings. The normalized spacial score (nSPS) is 23.4. The van der Waals surface area contributed by atoms with Crippen LogP contribution in [0.25, 0.3) is 0 Å². The van der Waals surface area contributed by atoms with Gasteiger partial charge in [-0.15, -0.1) is 0 Å². The molecule has 1 N–H and O–H groups in total. The molecule has 1 fully saturated rings. The van der Waals surface area contributed by atoms with Gasteiger partial charge in [0.25, 0.3) is 0 Å². The van der Waals surface area contributed by atoms with Crippen LogP contribution in [0.4, 0.5) is 0 Å². The number of rotatable bonds is 5. The fraction of sp³-hybridized carbons (Fsp3) is 1.00. The van der Waals surface area contributed by atoms with E-state index in [-0.39, 0.29) is 0 Å². The van der Waals surface area contributed by atoms with Gasteiger partial charge in [0, 0.05) is 13.2 Å². The summed E-state index contributed by atoms with van der Waals surface area (Å²) < 4.78 is 5.64. The van der Waals surface area contributed by atoms with Crippen molar-refractivity contribution < 1.29 is 4.74 Å². The lowest BCUT2D eigenvalue weighted by Gasteiger charge is -2.33. The second-order valence-corrected chi connectivity index (χ2v) is 4.44. The molecule has 0 radical (unpaired) electrons. The summed E-state index contributed by atoms with van der Waals surface area (Å²) in [6, 6.07) is 0.494. The Morgan fingerprint density at radius 2 is 1.93 bits per heavy atom. The number of likely N-dealkylation sites (N-methyl/N-ethyl adjacent to an activating group) is 1. The molecule has 2 unspecified atom stereocenters. The van der Waals surface area contributed by atoms with Crippen molar-refractivity contribution in [1.29, 1.82) is 0 Å². The molecular weight excluding hydrogens is 174 g/mol. The Morgan fingerprint density at radius 1 is 1.29 bits per heavy atom. The Balaban J connectivity index is 2.41. The van der Waals surface area contributed by atoms with E-state index in [4.69, 9.17) is 4.74 Å². The van der Waals surface area contributed by atoms with Crippen LogP contribution in [-0.2, 0) is 4.74 Å². The van der Waals surface area contributed by atoms with Crippen LogP contribution in [0.3, 0.4) is 0 Å². The van der Waals surface area contributed by atoms with Gasteiger partial charge in [-0.05, 0) is 32.2 Å². The molecule has 84 valence electrons. The number of nitrogens with one attached hydrogen (secondary N) is 1. The third-order valence-electron chi connectivity index (χ3n) is 3.41. The standard InChI is InChI=1S/C12H25NO/c1-4-13-10(2)12(14-3)11-8-6-5-7-9-11/h10-13H,4-9H2,1-3H3. The van der Waals surface area contributed by atoms with Crippen LogP contribution in [0.15, 0.2) is 0 Å². The van der Waals surface area contributed by atoms with Crippen molar-refractivity contribution in [1.82, 2.24) is 5.32 Å². The molecule has 0 heterocycles. The molecule has 1 aliphatic carbocycles. The molecule has 2 atom stereocenters. The van der Waals surface area contributed by atoms with Gasteiger partial charge in [0.1, 0.15) is 0 Å². The Morgan fingerprint density at radius 3 is 2.43 bits per heavy atom. The first-order valence-electron chi connectivity index (χ1n) is 6.05. The fourth-order valence-corrected chi connectivity index (χ4v) is 2.71. The summed E-state index contributed by atoms with van der Waals surface area (Å²) in [5.41, 5.74) is 0. The van der Waals surface area contributed by atoms with Crippen LogP contribution in [0, 0.1) is 5.92 Å². The van der Waals surface area contributed by atoms with Gasteiger partial charge < -0.3 is 10.1 Å². The molecule has 0 bridgehead atoms. The maximum Gasteiger partial charge on any atom is 0.0749 e. The van der Waals surface area contributed by atoms with Crippen LogP contribution >= 0.6 is 0 Å². The monoisotopic (exact) mass is 199 g/mol. The Kier molecular flexibility index (Phi) is 5.49. The number of hydrogen-bond acceptors (Lipinski definition) is 2. The highest BCUT2D eigenvalue weighted by atomic mass is 16.5. The third kappa shape index (κ3) is 3.25. The minimum Gasteiger partial charge on any atom is -0.380 e. The Bertz CT molecular complexity index is 143. The van der Waals surface area contributed by atoms with Crippen molar-refractivity contribution in [2.45, 2.75) is 58.1 Å². The number of methoxy groups -OCH3 is 1.